The smallest absolute Gasteiger partial charge is 0.272 e. The zero-order chi connectivity index (χ0) is 19.5. The van der Waals surface area contributed by atoms with E-state index in [-0.39, 0.29) is 11.4 Å². The van der Waals surface area contributed by atoms with Crippen LogP contribution in [0.3, 0.4) is 0 Å². The van der Waals surface area contributed by atoms with Gasteiger partial charge in [-0.2, -0.15) is 5.10 Å². The third-order valence-electron chi connectivity index (χ3n) is 4.37. The largest absolute Gasteiger partial charge is 0.347 e. The average Bonchev–Trinajstić information content (AvgIpc) is 3.36. The molecule has 4 rings (SSSR count). The number of carbonyl (C=O) groups excluding carboxylic acids is 1. The highest BCUT2D eigenvalue weighted by molar-refractivity contribution is 6.05. The molecule has 0 aliphatic heterocycles. The van der Waals surface area contributed by atoms with Crippen molar-refractivity contribution in [2.45, 2.75) is 13.1 Å². The highest BCUT2D eigenvalue weighted by Gasteiger charge is 2.17. The molecule has 0 fully saturated rings. The molecule has 0 unspecified atom stereocenters. The molecule has 0 bridgehead atoms. The standard InChI is InChI=1S/C19H16N6O3/c26-19(18-16-9-15(25(27)28)5-6-17(16)22-23-18)21-10-13-1-3-14(4-2-13)11-24-8-7-20-12-24/h1-9,12H,10-11H2,(H,21,26)(H,22,23). The fourth-order valence-electron chi connectivity index (χ4n) is 2.91. The Morgan fingerprint density at radius 3 is 2.68 bits per heavy atom. The molecular weight excluding hydrogens is 360 g/mol. The molecule has 1 amide bonds. The Hall–Kier alpha value is -4.01. The summed E-state index contributed by atoms with van der Waals surface area (Å²) in [7, 11) is 0. The normalized spacial score (nSPS) is 10.9. The summed E-state index contributed by atoms with van der Waals surface area (Å²) in [5.41, 5.74) is 2.68. The van der Waals surface area contributed by atoms with E-state index in [1.807, 2.05) is 35.0 Å². The number of hydrogen-bond donors (Lipinski definition) is 2. The van der Waals surface area contributed by atoms with Crippen molar-refractivity contribution in [3.05, 3.63) is 88.1 Å². The van der Waals surface area contributed by atoms with Gasteiger partial charge in [0.1, 0.15) is 0 Å². The van der Waals surface area contributed by atoms with Gasteiger partial charge in [0, 0.05) is 43.0 Å². The first-order valence-corrected chi connectivity index (χ1v) is 8.54. The summed E-state index contributed by atoms with van der Waals surface area (Å²) in [5, 5.41) is 20.9. The molecule has 0 atom stereocenters. The average molecular weight is 376 g/mol. The van der Waals surface area contributed by atoms with E-state index in [4.69, 9.17) is 0 Å². The van der Waals surface area contributed by atoms with Gasteiger partial charge >= 0.3 is 0 Å². The van der Waals surface area contributed by atoms with Crippen LogP contribution in [0.1, 0.15) is 21.6 Å². The molecule has 0 aliphatic rings. The third kappa shape index (κ3) is 3.58. The van der Waals surface area contributed by atoms with Crippen LogP contribution in [0.2, 0.25) is 0 Å². The number of non-ortho nitro benzene ring substituents is 1. The summed E-state index contributed by atoms with van der Waals surface area (Å²) in [5.74, 6) is -0.394. The maximum absolute atomic E-state index is 12.5. The predicted octanol–water partition coefficient (Wildman–Crippen LogP) is 2.65. The van der Waals surface area contributed by atoms with Gasteiger partial charge in [0.15, 0.2) is 5.69 Å². The summed E-state index contributed by atoms with van der Waals surface area (Å²) >= 11 is 0. The number of H-pyrrole nitrogens is 1. The molecule has 2 heterocycles. The van der Waals surface area contributed by atoms with Gasteiger partial charge in [-0.25, -0.2) is 4.98 Å². The molecule has 2 N–H and O–H groups in total. The van der Waals surface area contributed by atoms with Crippen molar-refractivity contribution in [2.75, 3.05) is 0 Å². The molecule has 9 nitrogen and oxygen atoms in total. The second-order valence-corrected chi connectivity index (χ2v) is 6.29. The van der Waals surface area contributed by atoms with Gasteiger partial charge in [0.2, 0.25) is 0 Å². The Morgan fingerprint density at radius 2 is 1.96 bits per heavy atom. The maximum atomic E-state index is 12.5. The first-order valence-electron chi connectivity index (χ1n) is 8.54. The van der Waals surface area contributed by atoms with Crippen molar-refractivity contribution < 1.29 is 9.72 Å². The Balaban J connectivity index is 1.43. The highest BCUT2D eigenvalue weighted by atomic mass is 16.6. The van der Waals surface area contributed by atoms with E-state index in [1.54, 1.807) is 12.5 Å². The van der Waals surface area contributed by atoms with Crippen molar-refractivity contribution in [3.63, 3.8) is 0 Å². The number of nitrogens with zero attached hydrogens (tertiary/aromatic N) is 4. The van der Waals surface area contributed by atoms with E-state index in [2.05, 4.69) is 20.5 Å². The van der Waals surface area contributed by atoms with Crippen LogP contribution in [0.25, 0.3) is 10.9 Å². The van der Waals surface area contributed by atoms with E-state index in [1.165, 1.54) is 18.2 Å². The van der Waals surface area contributed by atoms with Crippen molar-refractivity contribution in [1.82, 2.24) is 25.1 Å². The summed E-state index contributed by atoms with van der Waals surface area (Å²) in [6.07, 6.45) is 5.39. The van der Waals surface area contributed by atoms with Crippen molar-refractivity contribution in [1.29, 1.82) is 0 Å². The van der Waals surface area contributed by atoms with Gasteiger partial charge < -0.3 is 9.88 Å². The zero-order valence-electron chi connectivity index (χ0n) is 14.7. The molecule has 28 heavy (non-hydrogen) atoms. The molecular formula is C19H16N6O3. The van der Waals surface area contributed by atoms with Crippen LogP contribution in [0, 0.1) is 10.1 Å². The van der Waals surface area contributed by atoms with Crippen LogP contribution in [0.4, 0.5) is 5.69 Å². The summed E-state index contributed by atoms with van der Waals surface area (Å²) < 4.78 is 1.97. The van der Waals surface area contributed by atoms with Crippen LogP contribution in [0.5, 0.6) is 0 Å². The number of carbonyl (C=O) groups is 1. The van der Waals surface area contributed by atoms with Crippen LogP contribution < -0.4 is 5.32 Å². The monoisotopic (exact) mass is 376 g/mol. The van der Waals surface area contributed by atoms with Gasteiger partial charge in [-0.15, -0.1) is 0 Å². The number of imidazole rings is 1. The van der Waals surface area contributed by atoms with Crippen LogP contribution in [0.15, 0.2) is 61.2 Å². The SMILES string of the molecule is O=C(NCc1ccc(Cn2ccnc2)cc1)c1n[nH]c2ccc([N+](=O)[O-])cc12. The van der Waals surface area contributed by atoms with Crippen molar-refractivity contribution in [2.24, 2.45) is 0 Å². The minimum Gasteiger partial charge on any atom is -0.347 e. The van der Waals surface area contributed by atoms with Gasteiger partial charge in [0.25, 0.3) is 11.6 Å². The molecule has 2 aromatic heterocycles. The Kier molecular flexibility index (Phi) is 4.55. The Morgan fingerprint density at radius 1 is 1.18 bits per heavy atom. The Labute approximate surface area is 159 Å². The van der Waals surface area contributed by atoms with Crippen LogP contribution >= 0.6 is 0 Å². The number of nitro benzene ring substituents is 1. The second kappa shape index (κ2) is 7.31. The lowest BCUT2D eigenvalue weighted by molar-refractivity contribution is -0.384. The van der Waals surface area contributed by atoms with Gasteiger partial charge in [-0.1, -0.05) is 24.3 Å². The van der Waals surface area contributed by atoms with Crippen molar-refractivity contribution in [3.8, 4) is 0 Å². The topological polar surface area (TPSA) is 119 Å². The lowest BCUT2D eigenvalue weighted by Crippen LogP contribution is -2.23. The van der Waals surface area contributed by atoms with E-state index < -0.39 is 10.8 Å². The molecule has 0 saturated carbocycles. The minimum absolute atomic E-state index is 0.0866. The number of hydrogen-bond acceptors (Lipinski definition) is 5. The van der Waals surface area contributed by atoms with Gasteiger partial charge in [-0.3, -0.25) is 20.0 Å². The number of aromatic amines is 1. The minimum atomic E-state index is -0.501. The second-order valence-electron chi connectivity index (χ2n) is 6.29. The third-order valence-corrected chi connectivity index (χ3v) is 4.37. The molecule has 9 heteroatoms. The quantitative estimate of drug-likeness (QED) is 0.396. The van der Waals surface area contributed by atoms with E-state index in [0.717, 1.165) is 17.7 Å². The lowest BCUT2D eigenvalue weighted by atomic mass is 10.1. The predicted molar refractivity (Wildman–Crippen MR) is 102 cm³/mol. The summed E-state index contributed by atoms with van der Waals surface area (Å²) in [6.45, 7) is 1.05. The fraction of sp³-hybridized carbons (Fsp3) is 0.105. The molecule has 0 saturated heterocycles. The number of rotatable bonds is 6. The molecule has 0 spiro atoms. The number of amides is 1. The number of aromatic nitrogens is 4. The van der Waals surface area contributed by atoms with Crippen molar-refractivity contribution >= 4 is 22.5 Å². The zero-order valence-corrected chi connectivity index (χ0v) is 14.7. The first kappa shape index (κ1) is 17.4. The van der Waals surface area contributed by atoms with Gasteiger partial charge in [0.05, 0.1) is 16.8 Å². The van der Waals surface area contributed by atoms with E-state index >= 15 is 0 Å². The first-order chi connectivity index (χ1) is 13.6. The van der Waals surface area contributed by atoms with Gasteiger partial charge in [-0.05, 0) is 17.2 Å². The lowest BCUT2D eigenvalue weighted by Gasteiger charge is -2.06. The van der Waals surface area contributed by atoms with Crippen LogP contribution in [-0.2, 0) is 13.1 Å². The van der Waals surface area contributed by atoms with Crippen LogP contribution in [-0.4, -0.2) is 30.6 Å². The molecule has 2 aromatic carbocycles. The number of nitrogens with one attached hydrogen (secondary N) is 2. The molecule has 0 radical (unpaired) electrons. The number of benzene rings is 2. The summed E-state index contributed by atoms with van der Waals surface area (Å²) in [4.78, 5) is 26.9. The number of nitro groups is 1. The maximum Gasteiger partial charge on any atom is 0.272 e. The number of fused-ring (bicyclic) bond motifs is 1. The van der Waals surface area contributed by atoms with E-state index in [9.17, 15) is 14.9 Å². The molecule has 0 aliphatic carbocycles. The molecule has 4 aromatic rings. The summed E-state index contributed by atoms with van der Waals surface area (Å²) in [6, 6.07) is 12.1. The van der Waals surface area contributed by atoms with E-state index in [0.29, 0.717) is 17.4 Å². The Bertz CT molecular complexity index is 1130. The fourth-order valence-corrected chi connectivity index (χ4v) is 2.91. The highest BCUT2D eigenvalue weighted by Crippen LogP contribution is 2.22. The molecule has 140 valence electrons.